The van der Waals surface area contributed by atoms with Crippen LogP contribution in [0.4, 0.5) is 26.3 Å². The van der Waals surface area contributed by atoms with Gasteiger partial charge in [-0.05, 0) is 169 Å². The smallest absolute Gasteiger partial charge is 0.309 e. The maximum absolute atomic E-state index is 15.2. The molecule has 13 rings (SSSR count). The second-order valence-corrected chi connectivity index (χ2v) is 21.4. The number of nitriles is 1. The molecule has 0 saturated heterocycles. The molecule has 0 amide bonds. The Labute approximate surface area is 469 Å². The van der Waals surface area contributed by atoms with Gasteiger partial charge in [-0.3, -0.25) is 0 Å². The highest BCUT2D eigenvalue weighted by Gasteiger charge is 2.41. The van der Waals surface area contributed by atoms with Gasteiger partial charge in [-0.25, -0.2) is 0 Å². The molecule has 11 aromatic carbocycles. The second-order valence-electron chi connectivity index (χ2n) is 21.4. The van der Waals surface area contributed by atoms with Crippen LogP contribution in [0.3, 0.4) is 0 Å². The molecule has 0 aliphatic heterocycles. The third-order valence-electron chi connectivity index (χ3n) is 15.9. The lowest BCUT2D eigenvalue weighted by molar-refractivity contribution is -0.142. The zero-order chi connectivity index (χ0) is 56.8. The van der Waals surface area contributed by atoms with Gasteiger partial charge in [0.1, 0.15) is 0 Å². The van der Waals surface area contributed by atoms with E-state index < -0.39 is 29.0 Å². The van der Waals surface area contributed by atoms with Crippen molar-refractivity contribution in [1.82, 2.24) is 9.13 Å². The summed E-state index contributed by atoms with van der Waals surface area (Å²) in [6.45, 7) is 8.16. The van der Waals surface area contributed by atoms with Gasteiger partial charge in [0.15, 0.2) is 0 Å². The number of aryl methyl sites for hydroxylation is 4. The largest absolute Gasteiger partial charge is 0.417 e. The van der Waals surface area contributed by atoms with Crippen molar-refractivity contribution in [3.8, 4) is 84.2 Å². The van der Waals surface area contributed by atoms with E-state index in [1.807, 2.05) is 68.7 Å². The molecule has 0 bridgehead atoms. The molecule has 0 spiro atoms. The summed E-state index contributed by atoms with van der Waals surface area (Å²) in [4.78, 5) is 0. The van der Waals surface area contributed by atoms with Crippen LogP contribution in [0.15, 0.2) is 224 Å². The van der Waals surface area contributed by atoms with E-state index in [1.165, 1.54) is 12.1 Å². The summed E-state index contributed by atoms with van der Waals surface area (Å²) >= 11 is 0. The average molecular weight is 1080 g/mol. The molecule has 0 fully saturated rings. The highest BCUT2D eigenvalue weighted by Crippen LogP contribution is 2.48. The van der Waals surface area contributed by atoms with Gasteiger partial charge >= 0.3 is 12.4 Å². The predicted molar refractivity (Wildman–Crippen MR) is 321 cm³/mol. The molecule has 9 heteroatoms. The molecule has 3 nitrogen and oxygen atoms in total. The fraction of sp³-hybridized carbons (Fsp3) is 0.0822. The van der Waals surface area contributed by atoms with Crippen LogP contribution in [-0.2, 0) is 12.4 Å². The maximum Gasteiger partial charge on any atom is 0.417 e. The Kier molecular flexibility index (Phi) is 12.4. The van der Waals surface area contributed by atoms with Crippen molar-refractivity contribution < 1.29 is 26.3 Å². The molecule has 398 valence electrons. The molecule has 0 radical (unpaired) electrons. The van der Waals surface area contributed by atoms with E-state index in [0.717, 1.165) is 116 Å². The van der Waals surface area contributed by atoms with Crippen LogP contribution in [0.1, 0.15) is 38.9 Å². The van der Waals surface area contributed by atoms with Crippen LogP contribution >= 0.6 is 0 Å². The first-order valence-electron chi connectivity index (χ1n) is 26.9. The summed E-state index contributed by atoms with van der Waals surface area (Å²) < 4.78 is 95.1. The number of rotatable bonds is 8. The molecule has 2 aromatic heterocycles. The summed E-state index contributed by atoms with van der Waals surface area (Å²) in [5, 5.41) is 14.8. The first-order valence-corrected chi connectivity index (χ1v) is 26.9. The molecule has 0 unspecified atom stereocenters. The first kappa shape index (κ1) is 51.5. The van der Waals surface area contributed by atoms with Crippen LogP contribution in [-0.4, -0.2) is 9.13 Å². The van der Waals surface area contributed by atoms with Crippen LogP contribution < -0.4 is 0 Å². The third kappa shape index (κ3) is 9.07. The van der Waals surface area contributed by atoms with E-state index >= 15 is 26.3 Å². The predicted octanol–water partition coefficient (Wildman–Crippen LogP) is 21.0. The highest BCUT2D eigenvalue weighted by molar-refractivity contribution is 6.13. The van der Waals surface area contributed by atoms with Crippen LogP contribution in [0.5, 0.6) is 0 Å². The van der Waals surface area contributed by atoms with Gasteiger partial charge in [-0.15, -0.1) is 0 Å². The number of aromatic nitrogens is 2. The summed E-state index contributed by atoms with van der Waals surface area (Å²) in [6, 6.07) is 72.3. The Balaban J connectivity index is 1.10. The number of nitrogens with zero attached hydrogens (tertiary/aromatic N) is 3. The fourth-order valence-electron chi connectivity index (χ4n) is 11.7. The molecular formula is C73H49F6N3. The van der Waals surface area contributed by atoms with Crippen LogP contribution in [0.2, 0.25) is 0 Å². The van der Waals surface area contributed by atoms with Gasteiger partial charge in [0.25, 0.3) is 0 Å². The standard InChI is InChI=1S/C73H49F6N3/c1-43-8-16-47(17-9-43)51-25-31-66-60(36-51)61-37-52(48-18-10-44(2)11-19-48)26-32-67(61)81(66)57-30-24-56(42-80)58(41-57)59-40-55(71-64(72(74,75)76)6-5-7-65(71)73(77,78)79)29-35-68(59)82-69-33-27-53(49-20-12-45(3)13-21-49)38-62(69)63-39-54(28-34-70(63)82)50-22-14-46(4)15-23-50/h5-41H,1-4H3. The Morgan fingerprint density at radius 3 is 1.02 bits per heavy atom. The van der Waals surface area contributed by atoms with Gasteiger partial charge in [0, 0.05) is 43.9 Å². The lowest BCUT2D eigenvalue weighted by atomic mass is 9.89. The first-order chi connectivity index (χ1) is 39.5. The van der Waals surface area contributed by atoms with Gasteiger partial charge < -0.3 is 9.13 Å². The lowest BCUT2D eigenvalue weighted by Gasteiger charge is -2.22. The van der Waals surface area contributed by atoms with E-state index in [0.29, 0.717) is 29.1 Å². The van der Waals surface area contributed by atoms with E-state index in [-0.39, 0.29) is 16.7 Å². The minimum absolute atomic E-state index is 0.162. The summed E-state index contributed by atoms with van der Waals surface area (Å²) in [5.41, 5.74) is 13.2. The molecular weight excluding hydrogens is 1030 g/mol. The summed E-state index contributed by atoms with van der Waals surface area (Å²) in [6.07, 6.45) is -10.3. The maximum atomic E-state index is 15.2. The van der Waals surface area contributed by atoms with Crippen molar-refractivity contribution in [3.05, 3.63) is 263 Å². The van der Waals surface area contributed by atoms with E-state index in [2.05, 4.69) is 156 Å². The Morgan fingerprint density at radius 2 is 0.671 bits per heavy atom. The second kappa shape index (κ2) is 19.7. The van der Waals surface area contributed by atoms with Crippen molar-refractivity contribution >= 4 is 43.6 Å². The Bertz CT molecular complexity index is 4490. The molecule has 0 saturated carbocycles. The molecule has 0 atom stereocenters. The molecule has 0 N–H and O–H groups in total. The fourth-order valence-corrected chi connectivity index (χ4v) is 11.7. The Morgan fingerprint density at radius 1 is 0.329 bits per heavy atom. The van der Waals surface area contributed by atoms with Crippen molar-refractivity contribution in [2.75, 3.05) is 0 Å². The quantitative estimate of drug-likeness (QED) is 0.140. The van der Waals surface area contributed by atoms with Crippen molar-refractivity contribution in [2.45, 2.75) is 40.0 Å². The van der Waals surface area contributed by atoms with Gasteiger partial charge in [0.2, 0.25) is 0 Å². The summed E-state index contributed by atoms with van der Waals surface area (Å²) in [5.74, 6) is 0. The number of hydrogen-bond donors (Lipinski definition) is 0. The molecule has 82 heavy (non-hydrogen) atoms. The average Bonchev–Trinajstić information content (AvgIpc) is 3.99. The van der Waals surface area contributed by atoms with Gasteiger partial charge in [0.05, 0.1) is 50.5 Å². The van der Waals surface area contributed by atoms with Crippen molar-refractivity contribution in [2.24, 2.45) is 0 Å². The molecule has 2 heterocycles. The molecule has 13 aromatic rings. The number of halogens is 6. The number of alkyl halides is 6. The monoisotopic (exact) mass is 1080 g/mol. The van der Waals surface area contributed by atoms with Crippen LogP contribution in [0.25, 0.3) is 122 Å². The van der Waals surface area contributed by atoms with Crippen molar-refractivity contribution in [3.63, 3.8) is 0 Å². The zero-order valence-electron chi connectivity index (χ0n) is 45.0. The van der Waals surface area contributed by atoms with E-state index in [4.69, 9.17) is 0 Å². The highest BCUT2D eigenvalue weighted by atomic mass is 19.4. The van der Waals surface area contributed by atoms with Gasteiger partial charge in [-0.2, -0.15) is 31.6 Å². The van der Waals surface area contributed by atoms with Crippen LogP contribution in [0, 0.1) is 39.0 Å². The van der Waals surface area contributed by atoms with E-state index in [1.54, 1.807) is 12.1 Å². The zero-order valence-corrected chi connectivity index (χ0v) is 45.0. The number of benzene rings is 11. The molecule has 0 aliphatic rings. The summed E-state index contributed by atoms with van der Waals surface area (Å²) in [7, 11) is 0. The Hall–Kier alpha value is -9.91. The van der Waals surface area contributed by atoms with Gasteiger partial charge in [-0.1, -0.05) is 156 Å². The van der Waals surface area contributed by atoms with E-state index in [9.17, 15) is 5.26 Å². The van der Waals surface area contributed by atoms with Crippen molar-refractivity contribution in [1.29, 1.82) is 5.26 Å². The number of fused-ring (bicyclic) bond motifs is 6. The minimum Gasteiger partial charge on any atom is -0.309 e. The normalized spacial score (nSPS) is 12.0. The minimum atomic E-state index is -5.15. The molecule has 0 aliphatic carbocycles. The topological polar surface area (TPSA) is 33.6 Å². The third-order valence-corrected chi connectivity index (χ3v) is 15.9. The lowest BCUT2D eigenvalue weighted by Crippen LogP contribution is -2.14. The SMILES string of the molecule is Cc1ccc(-c2ccc3c(c2)c2cc(-c4ccc(C)cc4)ccc2n3-c2ccc(C#N)c(-c3cc(-c4c(C(F)(F)F)cccc4C(F)(F)F)ccc3-n3c4ccc(-c5ccc(C)cc5)cc4c4cc(-c5ccc(C)cc5)ccc43)c2)cc1. The number of hydrogen-bond acceptors (Lipinski definition) is 1.